The van der Waals surface area contributed by atoms with Crippen molar-refractivity contribution >= 4 is 11.9 Å². The smallest absolute Gasteiger partial charge is 0.308 e. The summed E-state index contributed by atoms with van der Waals surface area (Å²) in [5, 5.41) is 12.3. The lowest BCUT2D eigenvalue weighted by Gasteiger charge is -2.29. The van der Waals surface area contributed by atoms with E-state index in [2.05, 4.69) is 5.32 Å². The van der Waals surface area contributed by atoms with Gasteiger partial charge in [-0.3, -0.25) is 9.59 Å². The summed E-state index contributed by atoms with van der Waals surface area (Å²) in [7, 11) is 0. The van der Waals surface area contributed by atoms with Crippen molar-refractivity contribution in [3.8, 4) is 0 Å². The first-order valence-corrected chi connectivity index (χ1v) is 9.26. The van der Waals surface area contributed by atoms with Crippen LogP contribution in [0.3, 0.4) is 0 Å². The highest BCUT2D eigenvalue weighted by atomic mass is 16.5. The number of ether oxygens (including phenoxy) is 1. The zero-order valence-corrected chi connectivity index (χ0v) is 15.1. The van der Waals surface area contributed by atoms with E-state index < -0.39 is 24.0 Å². The molecule has 0 heterocycles. The van der Waals surface area contributed by atoms with Crippen molar-refractivity contribution < 1.29 is 19.4 Å². The van der Waals surface area contributed by atoms with Crippen molar-refractivity contribution in [2.75, 3.05) is 0 Å². The third kappa shape index (κ3) is 5.56. The van der Waals surface area contributed by atoms with Gasteiger partial charge in [-0.2, -0.15) is 0 Å². The Morgan fingerprint density at radius 3 is 2.40 bits per heavy atom. The number of rotatable bonds is 8. The molecular formula is C20H29NO4. The molecule has 138 valence electrons. The van der Waals surface area contributed by atoms with Crippen LogP contribution in [0.2, 0.25) is 0 Å². The number of hydrogen-bond donors (Lipinski definition) is 2. The van der Waals surface area contributed by atoms with Gasteiger partial charge in [0.1, 0.15) is 6.10 Å². The first kappa shape index (κ1) is 19.4. The van der Waals surface area contributed by atoms with Gasteiger partial charge in [0.2, 0.25) is 5.91 Å². The van der Waals surface area contributed by atoms with Crippen molar-refractivity contribution in [2.24, 2.45) is 5.92 Å². The van der Waals surface area contributed by atoms with Crippen molar-refractivity contribution in [3.63, 3.8) is 0 Å². The molecule has 25 heavy (non-hydrogen) atoms. The summed E-state index contributed by atoms with van der Waals surface area (Å²) in [5.74, 6) is -1.89. The lowest BCUT2D eigenvalue weighted by molar-refractivity contribution is -0.144. The number of nitrogens with one attached hydrogen (secondary N) is 1. The zero-order chi connectivity index (χ0) is 18.2. The number of carbonyl (C=O) groups is 2. The highest BCUT2D eigenvalue weighted by Crippen LogP contribution is 2.25. The van der Waals surface area contributed by atoms with Crippen molar-refractivity contribution in [1.29, 1.82) is 0 Å². The van der Waals surface area contributed by atoms with Crippen LogP contribution in [0.4, 0.5) is 0 Å². The first-order valence-electron chi connectivity index (χ1n) is 9.26. The van der Waals surface area contributed by atoms with Gasteiger partial charge in [-0.15, -0.1) is 0 Å². The minimum Gasteiger partial charge on any atom is -0.481 e. The van der Waals surface area contributed by atoms with Gasteiger partial charge >= 0.3 is 5.97 Å². The Hall–Kier alpha value is -1.88. The second-order valence-corrected chi connectivity index (χ2v) is 6.82. The molecule has 1 amide bonds. The van der Waals surface area contributed by atoms with Crippen molar-refractivity contribution in [2.45, 2.75) is 70.6 Å². The van der Waals surface area contributed by atoms with Gasteiger partial charge in [0.15, 0.2) is 0 Å². The molecule has 5 nitrogen and oxygen atoms in total. The van der Waals surface area contributed by atoms with Crippen LogP contribution in [0.5, 0.6) is 0 Å². The monoisotopic (exact) mass is 347 g/mol. The van der Waals surface area contributed by atoms with E-state index in [0.717, 1.165) is 31.2 Å². The van der Waals surface area contributed by atoms with Gasteiger partial charge < -0.3 is 15.2 Å². The number of benzene rings is 1. The van der Waals surface area contributed by atoms with E-state index in [1.54, 1.807) is 6.92 Å². The Bertz CT molecular complexity index is 554. The molecule has 0 aromatic heterocycles. The normalized spacial score (nSPS) is 19.0. The minimum absolute atomic E-state index is 0.136. The van der Waals surface area contributed by atoms with E-state index in [1.807, 2.05) is 37.3 Å². The topological polar surface area (TPSA) is 75.6 Å². The highest BCUT2D eigenvalue weighted by molar-refractivity contribution is 5.82. The maximum Gasteiger partial charge on any atom is 0.308 e. The van der Waals surface area contributed by atoms with Crippen LogP contribution >= 0.6 is 0 Å². The SMILES string of the molecule is CCC(OC1CCCCC1)C(=O)NC(c1ccccc1)C(C)C(=O)O. The van der Waals surface area contributed by atoms with E-state index in [4.69, 9.17) is 4.74 Å². The molecule has 0 saturated heterocycles. The third-order valence-electron chi connectivity index (χ3n) is 4.92. The van der Waals surface area contributed by atoms with Gasteiger partial charge in [-0.25, -0.2) is 0 Å². The van der Waals surface area contributed by atoms with Gasteiger partial charge in [0.25, 0.3) is 0 Å². The van der Waals surface area contributed by atoms with E-state index in [9.17, 15) is 14.7 Å². The molecule has 2 rings (SSSR count). The van der Waals surface area contributed by atoms with Crippen LogP contribution in [0.1, 0.15) is 64.0 Å². The Morgan fingerprint density at radius 2 is 1.84 bits per heavy atom. The Balaban J connectivity index is 2.07. The molecule has 0 spiro atoms. The number of carbonyl (C=O) groups excluding carboxylic acids is 1. The number of amides is 1. The number of carboxylic acid groups (broad SMARTS) is 1. The fraction of sp³-hybridized carbons (Fsp3) is 0.600. The van der Waals surface area contributed by atoms with Crippen molar-refractivity contribution in [1.82, 2.24) is 5.32 Å². The van der Waals surface area contributed by atoms with E-state index in [0.29, 0.717) is 6.42 Å². The number of hydrogen-bond acceptors (Lipinski definition) is 3. The molecule has 1 aliphatic rings. The average Bonchev–Trinajstić information content (AvgIpc) is 2.64. The number of carboxylic acids is 1. The van der Waals surface area contributed by atoms with Gasteiger partial charge in [0, 0.05) is 0 Å². The fourth-order valence-electron chi connectivity index (χ4n) is 3.32. The molecule has 1 saturated carbocycles. The quantitative estimate of drug-likeness (QED) is 0.752. The lowest BCUT2D eigenvalue weighted by Crippen LogP contribution is -2.43. The average molecular weight is 347 g/mol. The molecule has 1 aliphatic carbocycles. The summed E-state index contributed by atoms with van der Waals surface area (Å²) in [6.45, 7) is 3.54. The van der Waals surface area contributed by atoms with E-state index in [1.165, 1.54) is 6.42 Å². The standard InChI is InChI=1S/C20H29NO4/c1-3-17(25-16-12-8-5-9-13-16)19(22)21-18(14(2)20(23)24)15-10-6-4-7-11-15/h4,6-7,10-11,14,16-18H,3,5,8-9,12-13H2,1-2H3,(H,21,22)(H,23,24). The third-order valence-corrected chi connectivity index (χ3v) is 4.92. The summed E-state index contributed by atoms with van der Waals surface area (Å²) in [6, 6.07) is 8.67. The van der Waals surface area contributed by atoms with E-state index in [-0.39, 0.29) is 12.0 Å². The highest BCUT2D eigenvalue weighted by Gasteiger charge is 2.30. The molecule has 5 heteroatoms. The predicted molar refractivity (Wildman–Crippen MR) is 96.2 cm³/mol. The van der Waals surface area contributed by atoms with Crippen LogP contribution in [0, 0.1) is 5.92 Å². The second kappa shape index (κ2) is 9.56. The Labute approximate surface area is 149 Å². The molecule has 2 N–H and O–H groups in total. The molecular weight excluding hydrogens is 318 g/mol. The zero-order valence-electron chi connectivity index (χ0n) is 15.1. The van der Waals surface area contributed by atoms with Crippen LogP contribution in [0.25, 0.3) is 0 Å². The summed E-state index contributed by atoms with van der Waals surface area (Å²) in [6.07, 6.45) is 5.69. The molecule has 0 aliphatic heterocycles. The largest absolute Gasteiger partial charge is 0.481 e. The molecule has 1 aromatic rings. The van der Waals surface area contributed by atoms with Crippen LogP contribution in [-0.2, 0) is 14.3 Å². The summed E-state index contributed by atoms with van der Waals surface area (Å²) < 4.78 is 6.02. The molecule has 3 unspecified atom stereocenters. The van der Waals surface area contributed by atoms with Crippen LogP contribution < -0.4 is 5.32 Å². The summed E-state index contributed by atoms with van der Waals surface area (Å²) in [5.41, 5.74) is 0.790. The molecule has 0 radical (unpaired) electrons. The van der Waals surface area contributed by atoms with E-state index >= 15 is 0 Å². The van der Waals surface area contributed by atoms with Gasteiger partial charge in [-0.05, 0) is 31.7 Å². The minimum atomic E-state index is -0.935. The fourth-order valence-corrected chi connectivity index (χ4v) is 3.32. The maximum atomic E-state index is 12.7. The molecule has 0 bridgehead atoms. The Morgan fingerprint density at radius 1 is 1.20 bits per heavy atom. The molecule has 3 atom stereocenters. The van der Waals surface area contributed by atoms with Crippen molar-refractivity contribution in [3.05, 3.63) is 35.9 Å². The van der Waals surface area contributed by atoms with Crippen LogP contribution in [0.15, 0.2) is 30.3 Å². The second-order valence-electron chi connectivity index (χ2n) is 6.82. The van der Waals surface area contributed by atoms with Gasteiger partial charge in [0.05, 0.1) is 18.1 Å². The predicted octanol–water partition coefficient (Wildman–Crippen LogP) is 3.69. The van der Waals surface area contributed by atoms with Gasteiger partial charge in [-0.1, -0.05) is 56.5 Å². The summed E-state index contributed by atoms with van der Waals surface area (Å²) >= 11 is 0. The lowest BCUT2D eigenvalue weighted by atomic mass is 9.94. The molecule has 1 fully saturated rings. The maximum absolute atomic E-state index is 12.7. The number of aliphatic carboxylic acids is 1. The first-order chi connectivity index (χ1) is 12.0. The van der Waals surface area contributed by atoms with Crippen LogP contribution in [-0.4, -0.2) is 29.2 Å². The molecule has 1 aromatic carbocycles. The Kier molecular flexibility index (Phi) is 7.44. The summed E-state index contributed by atoms with van der Waals surface area (Å²) in [4.78, 5) is 24.2.